The maximum absolute atomic E-state index is 5.72. The van der Waals surface area contributed by atoms with Crippen LogP contribution in [0, 0.1) is 0 Å². The quantitative estimate of drug-likeness (QED) is 0.723. The van der Waals surface area contributed by atoms with E-state index in [1.165, 1.54) is 0 Å². The molecule has 1 heterocycles. The molecule has 0 unspecified atom stereocenters. The molecule has 0 aromatic carbocycles. The van der Waals surface area contributed by atoms with Gasteiger partial charge in [0.15, 0.2) is 0 Å². The molecule has 0 fully saturated rings. The average molecular weight is 290 g/mol. The van der Waals surface area contributed by atoms with Crippen LogP contribution in [0.4, 0.5) is 0 Å². The van der Waals surface area contributed by atoms with Crippen LogP contribution in [0.1, 0.15) is 0 Å². The molecule has 0 saturated carbocycles. The number of nitrogens with zero attached hydrogens (tertiary/aromatic N) is 1. The molecule has 1 aromatic rings. The number of pyridine rings is 1. The Morgan fingerprint density at radius 2 is 2.10 bits per heavy atom. The zero-order chi connectivity index (χ0) is 7.56. The van der Waals surface area contributed by atoms with E-state index < -0.39 is 14.7 Å². The molecule has 0 radical (unpaired) electrons. The number of halogens is 3. The molecule has 10 heavy (non-hydrogen) atoms. The Balaban J connectivity index is 3.03. The molecule has 0 bridgehead atoms. The molecule has 5 heteroatoms. The number of hydrogen-bond donors (Lipinski definition) is 0. The van der Waals surface area contributed by atoms with Crippen LogP contribution >= 0.6 is 30.7 Å². The second kappa shape index (κ2) is 3.90. The predicted molar refractivity (Wildman–Crippen MR) is 40.6 cm³/mol. The van der Waals surface area contributed by atoms with Crippen LogP contribution in [0.15, 0.2) is 18.3 Å². The Morgan fingerprint density at radius 1 is 1.40 bits per heavy atom. The van der Waals surface area contributed by atoms with Gasteiger partial charge in [-0.15, -0.1) is 0 Å². The van der Waals surface area contributed by atoms with E-state index in [4.69, 9.17) is 30.7 Å². The van der Waals surface area contributed by atoms with Gasteiger partial charge < -0.3 is 0 Å². The molecular formula is C5H3Cl3NPd-. The Hall–Kier alpha value is 0.682. The zero-order valence-electron chi connectivity index (χ0n) is 4.63. The van der Waals surface area contributed by atoms with Gasteiger partial charge in [-0.1, -0.05) is 0 Å². The van der Waals surface area contributed by atoms with Gasteiger partial charge in [0.2, 0.25) is 0 Å². The van der Waals surface area contributed by atoms with Gasteiger partial charge >= 0.3 is 77.9 Å². The van der Waals surface area contributed by atoms with Gasteiger partial charge in [0, 0.05) is 0 Å². The van der Waals surface area contributed by atoms with Gasteiger partial charge in [0.05, 0.1) is 0 Å². The van der Waals surface area contributed by atoms with Crippen LogP contribution in [0.2, 0.25) is 5.02 Å². The fraction of sp³-hybridized carbons (Fsp3) is 0. The summed E-state index contributed by atoms with van der Waals surface area (Å²) in [7, 11) is 11.3. The third-order valence-electron chi connectivity index (χ3n) is 0.804. The topological polar surface area (TPSA) is 12.9 Å². The first-order chi connectivity index (χ1) is 4.72. The summed E-state index contributed by atoms with van der Waals surface area (Å²) in [5.74, 6) is 0. The van der Waals surface area contributed by atoms with E-state index in [-0.39, 0.29) is 0 Å². The molecule has 0 atom stereocenters. The normalized spacial score (nSPS) is 11.3. The van der Waals surface area contributed by atoms with Crippen molar-refractivity contribution in [2.75, 3.05) is 0 Å². The van der Waals surface area contributed by atoms with E-state index in [2.05, 4.69) is 4.98 Å². The number of hydrogen-bond acceptors (Lipinski definition) is 1. The molecule has 0 aliphatic carbocycles. The minimum atomic E-state index is -1.67. The molecule has 1 aromatic heterocycles. The van der Waals surface area contributed by atoms with Crippen molar-refractivity contribution in [1.82, 2.24) is 4.98 Å². The SMILES string of the molecule is Clc1cccn[c]1[Pd-]([Cl])[Cl]. The van der Waals surface area contributed by atoms with Gasteiger partial charge in [0.25, 0.3) is 0 Å². The van der Waals surface area contributed by atoms with Gasteiger partial charge in [-0.05, 0) is 0 Å². The summed E-state index contributed by atoms with van der Waals surface area (Å²) in [5, 5.41) is 0.550. The zero-order valence-corrected chi connectivity index (χ0v) is 8.45. The molecule has 0 spiro atoms. The van der Waals surface area contributed by atoms with E-state index in [9.17, 15) is 0 Å². The van der Waals surface area contributed by atoms with Crippen LogP contribution in [-0.2, 0) is 14.7 Å². The predicted octanol–water partition coefficient (Wildman–Crippen LogP) is 2.29. The van der Waals surface area contributed by atoms with E-state index in [0.29, 0.717) is 9.19 Å². The van der Waals surface area contributed by atoms with Crippen LogP contribution in [0.5, 0.6) is 0 Å². The minimum absolute atomic E-state index is 0.550. The van der Waals surface area contributed by atoms with Gasteiger partial charge in [-0.3, -0.25) is 0 Å². The second-order valence-electron chi connectivity index (χ2n) is 1.41. The molecule has 0 aliphatic rings. The van der Waals surface area contributed by atoms with E-state index in [1.54, 1.807) is 18.3 Å². The Kier molecular flexibility index (Phi) is 3.42. The molecule has 0 N–H and O–H groups in total. The summed E-state index contributed by atoms with van der Waals surface area (Å²) in [5.41, 5.74) is 0. The van der Waals surface area contributed by atoms with Gasteiger partial charge in [-0.25, -0.2) is 0 Å². The molecule has 60 valence electrons. The summed E-state index contributed by atoms with van der Waals surface area (Å²) in [4.78, 5) is 3.93. The monoisotopic (exact) mass is 288 g/mol. The van der Waals surface area contributed by atoms with Crippen LogP contribution in [0.3, 0.4) is 0 Å². The maximum atomic E-state index is 5.72. The standard InChI is InChI=1S/C5H3ClN.2ClH.Pd/c6-5-2-1-3-7-4-5;;;/h1-3H;2*1H;/q;;;+1/p-2. The average Bonchev–Trinajstić information content (AvgIpc) is 1.88. The molecule has 0 saturated heterocycles. The first-order valence-corrected chi connectivity index (χ1v) is 7.43. The van der Waals surface area contributed by atoms with E-state index in [1.807, 2.05) is 0 Å². The summed E-state index contributed by atoms with van der Waals surface area (Å²) < 4.78 is 0.624. The van der Waals surface area contributed by atoms with Gasteiger partial charge in [0.1, 0.15) is 0 Å². The van der Waals surface area contributed by atoms with Crippen molar-refractivity contribution < 1.29 is 14.7 Å². The van der Waals surface area contributed by atoms with Crippen molar-refractivity contribution in [3.05, 3.63) is 23.4 Å². The second-order valence-corrected chi connectivity index (χ2v) is 6.92. The van der Waals surface area contributed by atoms with Crippen molar-refractivity contribution in [2.45, 2.75) is 0 Å². The molecule has 0 amide bonds. The summed E-state index contributed by atoms with van der Waals surface area (Å²) in [6.07, 6.45) is 1.63. The third-order valence-corrected chi connectivity index (χ3v) is 3.84. The van der Waals surface area contributed by atoms with Crippen molar-refractivity contribution >= 4 is 34.8 Å². The summed E-state index contributed by atoms with van der Waals surface area (Å²) in [6, 6.07) is 3.47. The molecule has 0 aliphatic heterocycles. The van der Waals surface area contributed by atoms with Crippen molar-refractivity contribution in [3.63, 3.8) is 0 Å². The first kappa shape index (κ1) is 8.78. The van der Waals surface area contributed by atoms with Crippen LogP contribution < -0.4 is 4.17 Å². The first-order valence-electron chi connectivity index (χ1n) is 2.27. The van der Waals surface area contributed by atoms with E-state index in [0.717, 1.165) is 0 Å². The van der Waals surface area contributed by atoms with Crippen LogP contribution in [-0.4, -0.2) is 4.98 Å². The van der Waals surface area contributed by atoms with Crippen molar-refractivity contribution in [2.24, 2.45) is 0 Å². The third kappa shape index (κ3) is 2.08. The summed E-state index contributed by atoms with van der Waals surface area (Å²) in [6.45, 7) is 0. The van der Waals surface area contributed by atoms with E-state index >= 15 is 0 Å². The van der Waals surface area contributed by atoms with Crippen molar-refractivity contribution in [1.29, 1.82) is 0 Å². The van der Waals surface area contributed by atoms with Crippen molar-refractivity contribution in [3.8, 4) is 0 Å². The van der Waals surface area contributed by atoms with Crippen LogP contribution in [0.25, 0.3) is 0 Å². The molecule has 1 rings (SSSR count). The molecular weight excluding hydrogens is 287 g/mol. The Bertz CT molecular complexity index is 228. The number of aromatic nitrogens is 1. The molecule has 1 nitrogen and oxygen atoms in total. The fourth-order valence-corrected chi connectivity index (χ4v) is 3.09. The summed E-state index contributed by atoms with van der Waals surface area (Å²) >= 11 is 4.05. The van der Waals surface area contributed by atoms with Gasteiger partial charge in [-0.2, -0.15) is 0 Å². The number of rotatable bonds is 1. The Morgan fingerprint density at radius 3 is 2.50 bits per heavy atom. The Labute approximate surface area is 77.5 Å². The fourth-order valence-electron chi connectivity index (χ4n) is 0.445.